The van der Waals surface area contributed by atoms with Crippen molar-refractivity contribution in [2.24, 2.45) is 0 Å². The third kappa shape index (κ3) is 5.58. The molecule has 4 heteroatoms. The second-order valence-corrected chi connectivity index (χ2v) is 5.40. The van der Waals surface area contributed by atoms with Crippen LogP contribution in [0.25, 0.3) is 0 Å². The second kappa shape index (κ2) is 7.76. The van der Waals surface area contributed by atoms with Gasteiger partial charge < -0.3 is 10.2 Å². The molecule has 1 aromatic heterocycles. The normalized spacial score (nSPS) is 11.6. The van der Waals surface area contributed by atoms with Gasteiger partial charge in [-0.3, -0.25) is 4.98 Å². The molecule has 0 atom stereocenters. The van der Waals surface area contributed by atoms with Crippen LogP contribution in [0, 0.1) is 0 Å². The Hall–Kier alpha value is -0.450. The standard InChI is InChI=1S/C12H23N3S/c1-11(2)15(3)7-5-4-6-13-8-12-9-14-10-16-12/h9-11,13H,4-8H2,1-3H3. The number of thiazole rings is 1. The lowest BCUT2D eigenvalue weighted by molar-refractivity contribution is 0.268. The van der Waals surface area contributed by atoms with Crippen molar-refractivity contribution in [3.63, 3.8) is 0 Å². The van der Waals surface area contributed by atoms with E-state index in [0.717, 1.165) is 13.1 Å². The van der Waals surface area contributed by atoms with E-state index >= 15 is 0 Å². The van der Waals surface area contributed by atoms with Crippen molar-refractivity contribution in [3.8, 4) is 0 Å². The third-order valence-electron chi connectivity index (χ3n) is 2.78. The largest absolute Gasteiger partial charge is 0.312 e. The highest BCUT2D eigenvalue weighted by Crippen LogP contribution is 2.04. The van der Waals surface area contributed by atoms with Gasteiger partial charge in [-0.15, -0.1) is 11.3 Å². The molecule has 0 saturated carbocycles. The number of rotatable bonds is 8. The van der Waals surface area contributed by atoms with Gasteiger partial charge in [-0.1, -0.05) is 0 Å². The fourth-order valence-electron chi connectivity index (χ4n) is 1.41. The molecule has 0 aliphatic heterocycles. The van der Waals surface area contributed by atoms with E-state index in [4.69, 9.17) is 0 Å². The Morgan fingerprint density at radius 2 is 2.25 bits per heavy atom. The fourth-order valence-corrected chi connectivity index (χ4v) is 1.97. The number of aromatic nitrogens is 1. The lowest BCUT2D eigenvalue weighted by Crippen LogP contribution is -2.27. The minimum atomic E-state index is 0.658. The molecule has 1 N–H and O–H groups in total. The van der Waals surface area contributed by atoms with Gasteiger partial charge in [0.05, 0.1) is 5.51 Å². The Bertz CT molecular complexity index is 259. The first-order valence-corrected chi connectivity index (χ1v) is 6.86. The molecule has 16 heavy (non-hydrogen) atoms. The van der Waals surface area contributed by atoms with Crippen LogP contribution in [0.1, 0.15) is 31.6 Å². The molecule has 0 aliphatic rings. The zero-order valence-electron chi connectivity index (χ0n) is 10.6. The van der Waals surface area contributed by atoms with Gasteiger partial charge in [-0.25, -0.2) is 0 Å². The van der Waals surface area contributed by atoms with Crippen LogP contribution < -0.4 is 5.32 Å². The van der Waals surface area contributed by atoms with Crippen molar-refractivity contribution in [3.05, 3.63) is 16.6 Å². The highest BCUT2D eigenvalue weighted by molar-refractivity contribution is 7.09. The van der Waals surface area contributed by atoms with Crippen molar-refractivity contribution >= 4 is 11.3 Å². The summed E-state index contributed by atoms with van der Waals surface area (Å²) in [6.45, 7) is 7.73. The van der Waals surface area contributed by atoms with E-state index in [1.54, 1.807) is 11.3 Å². The number of nitrogens with zero attached hydrogens (tertiary/aromatic N) is 2. The molecule has 0 amide bonds. The van der Waals surface area contributed by atoms with Crippen LogP contribution in [-0.2, 0) is 6.54 Å². The van der Waals surface area contributed by atoms with Gasteiger partial charge in [-0.05, 0) is 46.8 Å². The average molecular weight is 241 g/mol. The number of hydrogen-bond donors (Lipinski definition) is 1. The van der Waals surface area contributed by atoms with Gasteiger partial charge in [0.1, 0.15) is 0 Å². The van der Waals surface area contributed by atoms with Crippen LogP contribution in [0.5, 0.6) is 0 Å². The Kier molecular flexibility index (Phi) is 6.61. The minimum absolute atomic E-state index is 0.658. The zero-order valence-corrected chi connectivity index (χ0v) is 11.4. The van der Waals surface area contributed by atoms with Gasteiger partial charge in [0.25, 0.3) is 0 Å². The maximum Gasteiger partial charge on any atom is 0.0794 e. The number of nitrogens with one attached hydrogen (secondary N) is 1. The summed E-state index contributed by atoms with van der Waals surface area (Å²) < 4.78 is 0. The van der Waals surface area contributed by atoms with Crippen LogP contribution in [0.3, 0.4) is 0 Å². The predicted molar refractivity (Wildman–Crippen MR) is 70.8 cm³/mol. The zero-order chi connectivity index (χ0) is 11.8. The highest BCUT2D eigenvalue weighted by Gasteiger charge is 2.01. The van der Waals surface area contributed by atoms with Gasteiger partial charge in [0, 0.05) is 23.7 Å². The molecule has 0 saturated heterocycles. The van der Waals surface area contributed by atoms with Gasteiger partial charge in [0.15, 0.2) is 0 Å². The smallest absolute Gasteiger partial charge is 0.0794 e. The molecule has 0 radical (unpaired) electrons. The molecule has 1 rings (SSSR count). The molecule has 92 valence electrons. The van der Waals surface area contributed by atoms with Gasteiger partial charge >= 0.3 is 0 Å². The van der Waals surface area contributed by atoms with E-state index in [9.17, 15) is 0 Å². The van der Waals surface area contributed by atoms with Crippen molar-refractivity contribution < 1.29 is 0 Å². The quantitative estimate of drug-likeness (QED) is 0.708. The van der Waals surface area contributed by atoms with E-state index in [2.05, 4.69) is 36.1 Å². The van der Waals surface area contributed by atoms with E-state index in [0.29, 0.717) is 6.04 Å². The van der Waals surface area contributed by atoms with Gasteiger partial charge in [-0.2, -0.15) is 0 Å². The van der Waals surface area contributed by atoms with Crippen molar-refractivity contribution in [2.45, 2.75) is 39.3 Å². The SMILES string of the molecule is CC(C)N(C)CCCCNCc1cncs1. The van der Waals surface area contributed by atoms with E-state index in [-0.39, 0.29) is 0 Å². The molecule has 0 unspecified atom stereocenters. The van der Waals surface area contributed by atoms with E-state index < -0.39 is 0 Å². The van der Waals surface area contributed by atoms with Crippen LogP contribution in [-0.4, -0.2) is 36.1 Å². The summed E-state index contributed by atoms with van der Waals surface area (Å²) in [7, 11) is 2.19. The highest BCUT2D eigenvalue weighted by atomic mass is 32.1. The Morgan fingerprint density at radius 3 is 2.88 bits per heavy atom. The van der Waals surface area contributed by atoms with Crippen molar-refractivity contribution in [2.75, 3.05) is 20.1 Å². The molecule has 0 bridgehead atoms. The summed E-state index contributed by atoms with van der Waals surface area (Å²) in [5, 5.41) is 3.44. The molecule has 1 heterocycles. The Labute approximate surface area is 103 Å². The summed E-state index contributed by atoms with van der Waals surface area (Å²) in [6, 6.07) is 0.658. The molecule has 0 aliphatic carbocycles. The molecule has 0 spiro atoms. The Balaban J connectivity index is 1.92. The molecular formula is C12H23N3S. The maximum absolute atomic E-state index is 4.05. The fraction of sp³-hybridized carbons (Fsp3) is 0.750. The summed E-state index contributed by atoms with van der Waals surface area (Å²) >= 11 is 1.71. The van der Waals surface area contributed by atoms with Crippen molar-refractivity contribution in [1.29, 1.82) is 0 Å². The van der Waals surface area contributed by atoms with Crippen molar-refractivity contribution in [1.82, 2.24) is 15.2 Å². The minimum Gasteiger partial charge on any atom is -0.312 e. The first kappa shape index (κ1) is 13.6. The topological polar surface area (TPSA) is 28.2 Å². The first-order chi connectivity index (χ1) is 7.70. The molecule has 0 fully saturated rings. The predicted octanol–water partition coefficient (Wildman–Crippen LogP) is 2.35. The molecule has 1 aromatic rings. The molecular weight excluding hydrogens is 218 g/mol. The van der Waals surface area contributed by atoms with Crippen LogP contribution in [0.2, 0.25) is 0 Å². The van der Waals surface area contributed by atoms with Crippen LogP contribution >= 0.6 is 11.3 Å². The van der Waals surface area contributed by atoms with Crippen LogP contribution in [0.15, 0.2) is 11.7 Å². The third-order valence-corrected chi connectivity index (χ3v) is 3.56. The second-order valence-electron chi connectivity index (χ2n) is 4.43. The summed E-state index contributed by atoms with van der Waals surface area (Å²) in [5.41, 5.74) is 1.88. The van der Waals surface area contributed by atoms with Crippen LogP contribution in [0.4, 0.5) is 0 Å². The molecule has 0 aromatic carbocycles. The summed E-state index contributed by atoms with van der Waals surface area (Å²) in [6.07, 6.45) is 4.45. The maximum atomic E-state index is 4.05. The van der Waals surface area contributed by atoms with E-state index in [1.165, 1.54) is 24.3 Å². The monoisotopic (exact) mass is 241 g/mol. The summed E-state index contributed by atoms with van der Waals surface area (Å²) in [5.74, 6) is 0. The molecule has 3 nitrogen and oxygen atoms in total. The first-order valence-electron chi connectivity index (χ1n) is 5.98. The number of unbranched alkanes of at least 4 members (excludes halogenated alkanes) is 1. The number of hydrogen-bond acceptors (Lipinski definition) is 4. The average Bonchev–Trinajstić information content (AvgIpc) is 2.75. The lowest BCUT2D eigenvalue weighted by Gasteiger charge is -2.20. The van der Waals surface area contributed by atoms with Gasteiger partial charge in [0.2, 0.25) is 0 Å². The Morgan fingerprint density at radius 1 is 1.44 bits per heavy atom. The lowest BCUT2D eigenvalue weighted by atomic mass is 10.2. The summed E-state index contributed by atoms with van der Waals surface area (Å²) in [4.78, 5) is 7.76. The van der Waals surface area contributed by atoms with E-state index in [1.807, 2.05) is 11.7 Å².